The molecule has 0 bridgehead atoms. The molecule has 0 radical (unpaired) electrons. The van der Waals surface area contributed by atoms with Crippen molar-refractivity contribution in [3.05, 3.63) is 29.6 Å². The maximum absolute atomic E-state index is 11.1. The summed E-state index contributed by atoms with van der Waals surface area (Å²) in [5, 5.41) is 8.54. The highest BCUT2D eigenvalue weighted by molar-refractivity contribution is 5.90. The van der Waals surface area contributed by atoms with Crippen LogP contribution in [0.15, 0.2) is 18.3 Å². The first-order chi connectivity index (χ1) is 6.65. The van der Waals surface area contributed by atoms with Crippen LogP contribution >= 0.6 is 0 Å². The number of carbonyl (C=O) groups excluding carboxylic acids is 1. The smallest absolute Gasteiger partial charge is 0.354 e. The molecular weight excluding hydrogens is 186 g/mol. The number of aromatic nitrogens is 1. The Labute approximate surface area is 80.3 Å². The van der Waals surface area contributed by atoms with Crippen molar-refractivity contribution in [1.82, 2.24) is 4.98 Å². The quantitative estimate of drug-likeness (QED) is 0.727. The topological polar surface area (TPSA) is 76.5 Å². The summed E-state index contributed by atoms with van der Waals surface area (Å²) >= 11 is 0. The van der Waals surface area contributed by atoms with Crippen LogP contribution in [0.1, 0.15) is 27.8 Å². The lowest BCUT2D eigenvalue weighted by Crippen LogP contribution is -2.07. The number of carbonyl (C=O) groups is 2. The maximum atomic E-state index is 11.1. The minimum Gasteiger partial charge on any atom is -0.477 e. The van der Waals surface area contributed by atoms with Gasteiger partial charge in [0.25, 0.3) is 0 Å². The number of esters is 1. The minimum atomic E-state index is -1.12. The molecule has 0 spiro atoms. The molecule has 0 amide bonds. The Hall–Kier alpha value is -1.91. The summed E-state index contributed by atoms with van der Waals surface area (Å²) in [6.07, 6.45) is 1.18. The van der Waals surface area contributed by atoms with Crippen LogP contribution in [0.2, 0.25) is 0 Å². The maximum Gasteiger partial charge on any atom is 0.354 e. The van der Waals surface area contributed by atoms with Gasteiger partial charge in [0.1, 0.15) is 5.69 Å². The molecule has 0 aliphatic rings. The fourth-order valence-electron chi connectivity index (χ4n) is 0.856. The van der Waals surface area contributed by atoms with E-state index in [1.165, 1.54) is 18.3 Å². The van der Waals surface area contributed by atoms with Crippen molar-refractivity contribution in [1.29, 1.82) is 0 Å². The van der Waals surface area contributed by atoms with E-state index in [0.29, 0.717) is 0 Å². The number of hydrogen-bond donors (Lipinski definition) is 1. The molecule has 1 aromatic heterocycles. The van der Waals surface area contributed by atoms with Crippen LogP contribution in [-0.4, -0.2) is 28.6 Å². The standard InChI is InChI=1S/C9H9NO4/c1-2-14-9(13)6-3-4-7(8(11)12)10-5-6/h3-5H,2H2,1H3,(H,11,12). The predicted octanol–water partition coefficient (Wildman–Crippen LogP) is 0.956. The first-order valence-corrected chi connectivity index (χ1v) is 4.01. The number of aromatic carboxylic acids is 1. The Bertz CT molecular complexity index is 344. The van der Waals surface area contributed by atoms with Crippen molar-refractivity contribution in [2.75, 3.05) is 6.61 Å². The summed E-state index contributed by atoms with van der Waals surface area (Å²) < 4.78 is 4.70. The monoisotopic (exact) mass is 195 g/mol. The number of rotatable bonds is 3. The zero-order chi connectivity index (χ0) is 10.6. The molecule has 0 aromatic carbocycles. The zero-order valence-electron chi connectivity index (χ0n) is 7.56. The van der Waals surface area contributed by atoms with Crippen LogP contribution in [0.3, 0.4) is 0 Å². The van der Waals surface area contributed by atoms with E-state index in [9.17, 15) is 9.59 Å². The molecule has 5 heteroatoms. The number of carboxylic acid groups (broad SMARTS) is 1. The Morgan fingerprint density at radius 1 is 1.50 bits per heavy atom. The normalized spacial score (nSPS) is 9.50. The Morgan fingerprint density at radius 2 is 2.21 bits per heavy atom. The average Bonchev–Trinajstić information content (AvgIpc) is 2.18. The first kappa shape index (κ1) is 10.2. The molecule has 1 aromatic rings. The molecule has 1 N–H and O–H groups in total. The third-order valence-electron chi connectivity index (χ3n) is 1.49. The number of ether oxygens (including phenoxy) is 1. The Kier molecular flexibility index (Phi) is 3.17. The largest absolute Gasteiger partial charge is 0.477 e. The predicted molar refractivity (Wildman–Crippen MR) is 47.2 cm³/mol. The summed E-state index contributed by atoms with van der Waals surface area (Å²) in [7, 11) is 0. The second-order valence-electron chi connectivity index (χ2n) is 2.46. The second kappa shape index (κ2) is 4.36. The summed E-state index contributed by atoms with van der Waals surface area (Å²) in [6, 6.07) is 2.63. The van der Waals surface area contributed by atoms with E-state index < -0.39 is 11.9 Å². The van der Waals surface area contributed by atoms with Crippen molar-refractivity contribution >= 4 is 11.9 Å². The van der Waals surface area contributed by atoms with Gasteiger partial charge < -0.3 is 9.84 Å². The number of pyridine rings is 1. The third kappa shape index (κ3) is 2.29. The summed E-state index contributed by atoms with van der Waals surface area (Å²) in [5.41, 5.74) is 0.148. The van der Waals surface area contributed by atoms with E-state index in [1.54, 1.807) is 6.92 Å². The molecule has 0 saturated carbocycles. The highest BCUT2D eigenvalue weighted by Gasteiger charge is 2.08. The van der Waals surface area contributed by atoms with Gasteiger partial charge in [-0.2, -0.15) is 0 Å². The molecule has 0 aliphatic carbocycles. The van der Waals surface area contributed by atoms with Gasteiger partial charge in [-0.25, -0.2) is 14.6 Å². The summed E-state index contributed by atoms with van der Waals surface area (Å²) in [6.45, 7) is 1.97. The fourth-order valence-corrected chi connectivity index (χ4v) is 0.856. The van der Waals surface area contributed by atoms with E-state index in [2.05, 4.69) is 4.98 Å². The highest BCUT2D eigenvalue weighted by Crippen LogP contribution is 2.02. The minimum absolute atomic E-state index is 0.0990. The fraction of sp³-hybridized carbons (Fsp3) is 0.222. The lowest BCUT2D eigenvalue weighted by Gasteiger charge is -2.00. The zero-order valence-corrected chi connectivity index (χ0v) is 7.56. The molecule has 1 rings (SSSR count). The van der Waals surface area contributed by atoms with E-state index >= 15 is 0 Å². The molecule has 0 saturated heterocycles. The van der Waals surface area contributed by atoms with Crippen molar-refractivity contribution < 1.29 is 19.4 Å². The van der Waals surface area contributed by atoms with Crippen molar-refractivity contribution in [2.45, 2.75) is 6.92 Å². The van der Waals surface area contributed by atoms with Gasteiger partial charge >= 0.3 is 11.9 Å². The van der Waals surface area contributed by atoms with Crippen molar-refractivity contribution in [2.24, 2.45) is 0 Å². The van der Waals surface area contributed by atoms with Gasteiger partial charge in [-0.05, 0) is 19.1 Å². The Balaban J connectivity index is 2.83. The molecule has 0 atom stereocenters. The van der Waals surface area contributed by atoms with Gasteiger partial charge in [0, 0.05) is 6.20 Å². The van der Waals surface area contributed by atoms with Crippen molar-refractivity contribution in [3.63, 3.8) is 0 Å². The van der Waals surface area contributed by atoms with E-state index in [0.717, 1.165) is 0 Å². The first-order valence-electron chi connectivity index (χ1n) is 4.01. The van der Waals surface area contributed by atoms with Gasteiger partial charge in [-0.3, -0.25) is 0 Å². The number of carboxylic acids is 1. The van der Waals surface area contributed by atoms with Crippen LogP contribution in [0, 0.1) is 0 Å². The SMILES string of the molecule is CCOC(=O)c1ccc(C(=O)O)nc1. The lowest BCUT2D eigenvalue weighted by molar-refractivity contribution is 0.0524. The van der Waals surface area contributed by atoms with E-state index in [1.807, 2.05) is 0 Å². The van der Waals surface area contributed by atoms with Gasteiger partial charge in [0.15, 0.2) is 0 Å². The average molecular weight is 195 g/mol. The molecule has 74 valence electrons. The molecule has 0 fully saturated rings. The molecule has 1 heterocycles. The van der Waals surface area contributed by atoms with Crippen LogP contribution in [-0.2, 0) is 4.74 Å². The molecule has 5 nitrogen and oxygen atoms in total. The van der Waals surface area contributed by atoms with Crippen molar-refractivity contribution in [3.8, 4) is 0 Å². The van der Waals surface area contributed by atoms with Gasteiger partial charge in [-0.1, -0.05) is 0 Å². The van der Waals surface area contributed by atoms with Crippen LogP contribution in [0.4, 0.5) is 0 Å². The molecule has 0 unspecified atom stereocenters. The van der Waals surface area contributed by atoms with E-state index in [4.69, 9.17) is 9.84 Å². The van der Waals surface area contributed by atoms with E-state index in [-0.39, 0.29) is 17.9 Å². The van der Waals surface area contributed by atoms with Crippen LogP contribution < -0.4 is 0 Å². The van der Waals surface area contributed by atoms with Crippen LogP contribution in [0.5, 0.6) is 0 Å². The Morgan fingerprint density at radius 3 is 2.64 bits per heavy atom. The molecular formula is C9H9NO4. The third-order valence-corrected chi connectivity index (χ3v) is 1.49. The molecule has 0 aliphatic heterocycles. The number of hydrogen-bond acceptors (Lipinski definition) is 4. The van der Waals surface area contributed by atoms with Gasteiger partial charge in [-0.15, -0.1) is 0 Å². The summed E-state index contributed by atoms with van der Waals surface area (Å²) in [5.74, 6) is -1.63. The highest BCUT2D eigenvalue weighted by atomic mass is 16.5. The van der Waals surface area contributed by atoms with Gasteiger partial charge in [0.05, 0.1) is 12.2 Å². The summed E-state index contributed by atoms with van der Waals surface area (Å²) in [4.78, 5) is 25.1. The molecule has 14 heavy (non-hydrogen) atoms. The van der Waals surface area contributed by atoms with Gasteiger partial charge in [0.2, 0.25) is 0 Å². The lowest BCUT2D eigenvalue weighted by atomic mass is 10.2. The van der Waals surface area contributed by atoms with Crippen LogP contribution in [0.25, 0.3) is 0 Å². The second-order valence-corrected chi connectivity index (χ2v) is 2.46. The number of nitrogens with zero attached hydrogens (tertiary/aromatic N) is 1.